The molecule has 1 heterocycles. The minimum absolute atomic E-state index is 0.00793. The van der Waals surface area contributed by atoms with E-state index < -0.39 is 127 Å². The Bertz CT molecular complexity index is 2090. The van der Waals surface area contributed by atoms with Crippen LogP contribution < -0.4 is 60.2 Å². The summed E-state index contributed by atoms with van der Waals surface area (Å²) in [4.78, 5) is 137. The van der Waals surface area contributed by atoms with Crippen molar-refractivity contribution >= 4 is 65.2 Å². The van der Waals surface area contributed by atoms with Crippen LogP contribution in [0.2, 0.25) is 0 Å². The summed E-state index contributed by atoms with van der Waals surface area (Å²) < 4.78 is 0. The number of aliphatic carboxylic acids is 2. The number of carbonyl (C=O) groups is 10. The SMILES string of the molecule is CC(C)CC(NC(=O)C(Cc1ccc(O)cc1)NC(=O)C(CO)NC(=O)CNC(=O)C(CCCCN)NC(=O)C(CC(=O)O)NC(=O)C(N)C(C)C)C(=O)N1CCCC1C(=O)NC(CCCN=C(N)N)C(=O)O. The first-order chi connectivity index (χ1) is 34.4. The fourth-order valence-electron chi connectivity index (χ4n) is 7.57. The molecule has 0 bridgehead atoms. The predicted octanol–water partition coefficient (Wildman–Crippen LogP) is -4.29. The summed E-state index contributed by atoms with van der Waals surface area (Å²) in [6, 6.07) is -5.25. The number of aliphatic imine (C=N–C) groups is 1. The summed E-state index contributed by atoms with van der Waals surface area (Å²) in [5.74, 6) is -10.6. The highest BCUT2D eigenvalue weighted by molar-refractivity contribution is 5.98. The number of carboxylic acid groups (broad SMARTS) is 2. The summed E-state index contributed by atoms with van der Waals surface area (Å²) >= 11 is 0. The summed E-state index contributed by atoms with van der Waals surface area (Å²) in [6.45, 7) is 5.54. The molecule has 0 radical (unpaired) electrons. The Kier molecular flexibility index (Phi) is 26.6. The molecule has 1 aromatic rings. The van der Waals surface area contributed by atoms with Gasteiger partial charge in [-0.15, -0.1) is 0 Å². The fourth-order valence-corrected chi connectivity index (χ4v) is 7.57. The number of nitrogens with one attached hydrogen (secondary N) is 7. The first-order valence-corrected chi connectivity index (χ1v) is 24.1. The smallest absolute Gasteiger partial charge is 0.326 e. The van der Waals surface area contributed by atoms with Crippen molar-refractivity contribution in [1.29, 1.82) is 0 Å². The van der Waals surface area contributed by atoms with Crippen molar-refractivity contribution in [1.82, 2.24) is 42.1 Å². The van der Waals surface area contributed by atoms with Crippen LogP contribution in [-0.2, 0) is 54.4 Å². The van der Waals surface area contributed by atoms with Crippen molar-refractivity contribution < 1.29 is 68.4 Å². The monoisotopic (exact) mass is 1030 g/mol. The number of nitrogens with two attached hydrogens (primary N) is 4. The van der Waals surface area contributed by atoms with Gasteiger partial charge < -0.3 is 85.5 Å². The molecule has 19 N–H and O–H groups in total. The number of carbonyl (C=O) groups excluding carboxylic acids is 8. The van der Waals surface area contributed by atoms with Crippen LogP contribution in [0.5, 0.6) is 5.75 Å². The number of phenols is 1. The second kappa shape index (κ2) is 31.4. The summed E-state index contributed by atoms with van der Waals surface area (Å²) in [5.41, 5.74) is 22.6. The van der Waals surface area contributed by atoms with E-state index in [1.807, 2.05) is 0 Å². The molecule has 1 saturated heterocycles. The minimum Gasteiger partial charge on any atom is -0.508 e. The molecule has 1 aromatic carbocycles. The first kappa shape index (κ1) is 62.0. The Morgan fingerprint density at radius 1 is 0.726 bits per heavy atom. The lowest BCUT2D eigenvalue weighted by atomic mass is 10.00. The van der Waals surface area contributed by atoms with Gasteiger partial charge in [-0.25, -0.2) is 4.79 Å². The standard InChI is InChI=1S/C46H75N13O14/c1-24(2)19-32(44(71)59-18-8-11-34(59)42(69)55-29(45(72)73)10-7-17-51-46(49)50)58-39(66)30(20-26-12-14-27(61)15-13-26)56-41(68)33(23-60)53-35(62)22-52-38(65)28(9-5-6-16-47)54-40(67)31(21-36(63)64)57-43(70)37(48)25(3)4/h12-15,24-25,28-34,37,60-61H,5-11,16-23,47-48H2,1-4H3,(H,52,65)(H,53,62)(H,54,67)(H,55,69)(H,56,68)(H,57,70)(H,58,66)(H,63,64)(H,72,73)(H4,49,50,51). The molecule has 2 rings (SSSR count). The summed E-state index contributed by atoms with van der Waals surface area (Å²) in [6.07, 6.45) is 0.533. The van der Waals surface area contributed by atoms with Crippen molar-refractivity contribution in [2.45, 2.75) is 140 Å². The van der Waals surface area contributed by atoms with E-state index in [2.05, 4.69) is 42.2 Å². The average molecular weight is 1030 g/mol. The van der Waals surface area contributed by atoms with Crippen LogP contribution in [0.1, 0.15) is 91.0 Å². The molecule has 408 valence electrons. The Morgan fingerprint density at radius 3 is 1.89 bits per heavy atom. The highest BCUT2D eigenvalue weighted by Gasteiger charge is 2.40. The molecule has 1 fully saturated rings. The summed E-state index contributed by atoms with van der Waals surface area (Å²) in [7, 11) is 0. The molecule has 8 amide bonds. The Morgan fingerprint density at radius 2 is 1.32 bits per heavy atom. The Hall–Kier alpha value is -7.13. The van der Waals surface area contributed by atoms with Crippen LogP contribution in [0.3, 0.4) is 0 Å². The lowest BCUT2D eigenvalue weighted by Gasteiger charge is -2.31. The molecule has 27 heteroatoms. The second-order valence-electron chi connectivity index (χ2n) is 18.5. The lowest BCUT2D eigenvalue weighted by Crippen LogP contribution is -2.60. The number of guanidine groups is 1. The Labute approximate surface area is 423 Å². The topological polar surface area (TPSA) is 456 Å². The number of rotatable bonds is 32. The number of hydrogen-bond donors (Lipinski definition) is 15. The predicted molar refractivity (Wildman–Crippen MR) is 263 cm³/mol. The van der Waals surface area contributed by atoms with Crippen LogP contribution >= 0.6 is 0 Å². The molecule has 1 aliphatic rings. The quantitative estimate of drug-likeness (QED) is 0.0184. The molecule has 0 aliphatic carbocycles. The third kappa shape index (κ3) is 22.0. The van der Waals surface area contributed by atoms with Gasteiger partial charge in [0.25, 0.3) is 0 Å². The third-order valence-corrected chi connectivity index (χ3v) is 11.6. The number of amides is 8. The van der Waals surface area contributed by atoms with Gasteiger partial charge in [-0.3, -0.25) is 48.1 Å². The van der Waals surface area contributed by atoms with Crippen molar-refractivity contribution in [2.24, 2.45) is 39.8 Å². The highest BCUT2D eigenvalue weighted by atomic mass is 16.4. The van der Waals surface area contributed by atoms with Crippen molar-refractivity contribution in [2.75, 3.05) is 32.8 Å². The summed E-state index contributed by atoms with van der Waals surface area (Å²) in [5, 5.41) is 56.3. The lowest BCUT2D eigenvalue weighted by molar-refractivity contribution is -0.145. The van der Waals surface area contributed by atoms with Crippen molar-refractivity contribution in [3.8, 4) is 5.75 Å². The zero-order valence-electron chi connectivity index (χ0n) is 41.8. The number of carboxylic acids is 2. The molecule has 0 aromatic heterocycles. The minimum atomic E-state index is -1.71. The van der Waals surface area contributed by atoms with Crippen LogP contribution in [-0.4, -0.2) is 172 Å². The van der Waals surface area contributed by atoms with Crippen LogP contribution in [0, 0.1) is 11.8 Å². The van der Waals surface area contributed by atoms with Crippen LogP contribution in [0.25, 0.3) is 0 Å². The van der Waals surface area contributed by atoms with Gasteiger partial charge in [0.2, 0.25) is 47.3 Å². The number of likely N-dealkylation sites (tertiary alicyclic amines) is 1. The average Bonchev–Trinajstić information content (AvgIpc) is 3.82. The van der Waals surface area contributed by atoms with Crippen molar-refractivity contribution in [3.05, 3.63) is 29.8 Å². The highest BCUT2D eigenvalue weighted by Crippen LogP contribution is 2.22. The largest absolute Gasteiger partial charge is 0.508 e. The van der Waals surface area contributed by atoms with E-state index in [1.54, 1.807) is 27.7 Å². The molecule has 0 saturated carbocycles. The zero-order valence-corrected chi connectivity index (χ0v) is 41.8. The number of benzene rings is 1. The van der Waals surface area contributed by atoms with Gasteiger partial charge in [0.1, 0.15) is 48.0 Å². The normalized spacial score (nSPS) is 16.1. The molecule has 0 spiro atoms. The molecule has 1 aliphatic heterocycles. The maximum absolute atomic E-state index is 14.2. The van der Waals surface area contributed by atoms with Gasteiger partial charge in [-0.05, 0) is 87.4 Å². The maximum Gasteiger partial charge on any atom is 0.326 e. The van der Waals surface area contributed by atoms with Crippen molar-refractivity contribution in [3.63, 3.8) is 0 Å². The van der Waals surface area contributed by atoms with E-state index >= 15 is 0 Å². The molecular formula is C46H75N13O14. The molecule has 73 heavy (non-hydrogen) atoms. The zero-order chi connectivity index (χ0) is 54.9. The van der Waals surface area contributed by atoms with Gasteiger partial charge in [-0.2, -0.15) is 0 Å². The molecular weight excluding hydrogens is 959 g/mol. The van der Waals surface area contributed by atoms with Crippen LogP contribution in [0.15, 0.2) is 29.3 Å². The molecule has 27 nitrogen and oxygen atoms in total. The first-order valence-electron chi connectivity index (χ1n) is 24.1. The molecule has 8 unspecified atom stereocenters. The number of hydrogen-bond acceptors (Lipinski definition) is 15. The fraction of sp³-hybridized carbons (Fsp3) is 0.630. The van der Waals surface area contributed by atoms with E-state index in [0.717, 1.165) is 0 Å². The second-order valence-corrected chi connectivity index (χ2v) is 18.5. The van der Waals surface area contributed by atoms with E-state index in [4.69, 9.17) is 22.9 Å². The van der Waals surface area contributed by atoms with E-state index in [-0.39, 0.29) is 81.7 Å². The number of aromatic hydroxyl groups is 1. The number of aliphatic hydroxyl groups excluding tert-OH is 1. The van der Waals surface area contributed by atoms with Gasteiger partial charge in [0.05, 0.1) is 25.6 Å². The van der Waals surface area contributed by atoms with Gasteiger partial charge in [0.15, 0.2) is 5.96 Å². The van der Waals surface area contributed by atoms with Gasteiger partial charge in [0, 0.05) is 19.5 Å². The van der Waals surface area contributed by atoms with E-state index in [1.165, 1.54) is 29.2 Å². The van der Waals surface area contributed by atoms with E-state index in [0.29, 0.717) is 24.8 Å². The number of unbranched alkanes of at least 4 members (excludes halogenated alkanes) is 1. The van der Waals surface area contributed by atoms with Gasteiger partial charge >= 0.3 is 11.9 Å². The Balaban J connectivity index is 2.27. The third-order valence-electron chi connectivity index (χ3n) is 11.6. The van der Waals surface area contributed by atoms with Gasteiger partial charge in [-0.1, -0.05) is 39.8 Å². The number of nitrogens with zero attached hydrogens (tertiary/aromatic N) is 2. The maximum atomic E-state index is 14.2. The number of aliphatic hydroxyl groups is 1. The molecule has 8 atom stereocenters. The number of phenolic OH excluding ortho intramolecular Hbond substituents is 1. The van der Waals surface area contributed by atoms with Crippen LogP contribution in [0.4, 0.5) is 0 Å². The van der Waals surface area contributed by atoms with E-state index in [9.17, 15) is 68.4 Å².